The Bertz CT molecular complexity index is 1340. The number of allylic oxidation sites excluding steroid dienone is 4. The minimum absolute atomic E-state index is 0.124. The summed E-state index contributed by atoms with van der Waals surface area (Å²) in [5, 5.41) is 9.09. The minimum Gasteiger partial charge on any atom is -0.489 e. The average Bonchev–Trinajstić information content (AvgIpc) is 2.85. The summed E-state index contributed by atoms with van der Waals surface area (Å²) in [6, 6.07) is 14.4. The molecular formula is C33H37NO5. The number of carbonyl (C=O) groups excluding carboxylic acids is 2. The van der Waals surface area contributed by atoms with Crippen LogP contribution in [0.2, 0.25) is 0 Å². The molecule has 1 heterocycles. The van der Waals surface area contributed by atoms with Crippen molar-refractivity contribution < 1.29 is 24.2 Å². The fourth-order valence-electron chi connectivity index (χ4n) is 6.43. The second-order valence-electron chi connectivity index (χ2n) is 12.6. The number of hydrogen-bond donors (Lipinski definition) is 1. The van der Waals surface area contributed by atoms with E-state index in [4.69, 9.17) is 9.84 Å². The Morgan fingerprint density at radius 2 is 1.36 bits per heavy atom. The highest BCUT2D eigenvalue weighted by Gasteiger charge is 2.48. The van der Waals surface area contributed by atoms with Gasteiger partial charge in [-0.15, -0.1) is 0 Å². The maximum atomic E-state index is 13.7. The highest BCUT2D eigenvalue weighted by molar-refractivity contribution is 6.06. The van der Waals surface area contributed by atoms with Crippen LogP contribution in [-0.2, 0) is 16.2 Å². The third-order valence-electron chi connectivity index (χ3n) is 8.16. The van der Waals surface area contributed by atoms with E-state index in [1.165, 1.54) is 0 Å². The summed E-state index contributed by atoms with van der Waals surface area (Å²) in [6.45, 7) is 11.8. The van der Waals surface area contributed by atoms with Crippen LogP contribution in [0.1, 0.15) is 87.7 Å². The van der Waals surface area contributed by atoms with Crippen molar-refractivity contribution in [3.05, 3.63) is 87.8 Å². The van der Waals surface area contributed by atoms with Gasteiger partial charge in [-0.3, -0.25) is 9.59 Å². The molecular weight excluding hydrogens is 490 g/mol. The zero-order valence-electron chi connectivity index (χ0n) is 23.5. The van der Waals surface area contributed by atoms with Crippen LogP contribution in [0.5, 0.6) is 5.75 Å². The lowest BCUT2D eigenvalue weighted by Crippen LogP contribution is -2.44. The van der Waals surface area contributed by atoms with E-state index in [-0.39, 0.29) is 33.9 Å². The SMILES string of the molecule is CCN1C2=C(C(=O)CC(C)(C)C2)C(c2ccc(OCc3ccc(C(=O)O)cc3)cc2)C2=C1CC(C)(C)CC2=O. The van der Waals surface area contributed by atoms with Gasteiger partial charge in [-0.1, -0.05) is 52.0 Å². The van der Waals surface area contributed by atoms with Gasteiger partial charge in [0.05, 0.1) is 5.56 Å². The molecule has 0 atom stereocenters. The highest BCUT2D eigenvalue weighted by Crippen LogP contribution is 2.54. The fourth-order valence-corrected chi connectivity index (χ4v) is 6.43. The number of benzene rings is 2. The summed E-state index contributed by atoms with van der Waals surface area (Å²) in [5.41, 5.74) is 5.53. The van der Waals surface area contributed by atoms with E-state index in [9.17, 15) is 14.4 Å². The average molecular weight is 528 g/mol. The van der Waals surface area contributed by atoms with Gasteiger partial charge in [-0.05, 0) is 66.0 Å². The summed E-state index contributed by atoms with van der Waals surface area (Å²) in [7, 11) is 0. The van der Waals surface area contributed by atoms with E-state index in [0.29, 0.717) is 25.2 Å². The monoisotopic (exact) mass is 527 g/mol. The summed E-state index contributed by atoms with van der Waals surface area (Å²) in [6.07, 6.45) is 2.57. The molecule has 1 aliphatic heterocycles. The number of hydrogen-bond acceptors (Lipinski definition) is 5. The summed E-state index contributed by atoms with van der Waals surface area (Å²) < 4.78 is 5.97. The largest absolute Gasteiger partial charge is 0.489 e. The number of carboxylic acids is 1. The smallest absolute Gasteiger partial charge is 0.335 e. The zero-order chi connectivity index (χ0) is 28.1. The Morgan fingerprint density at radius 3 is 1.82 bits per heavy atom. The minimum atomic E-state index is -0.959. The fraction of sp³-hybridized carbons (Fsp3) is 0.424. The van der Waals surface area contributed by atoms with E-state index in [1.807, 2.05) is 24.3 Å². The summed E-state index contributed by atoms with van der Waals surface area (Å²) in [5.74, 6) is -0.372. The van der Waals surface area contributed by atoms with Crippen molar-refractivity contribution in [2.45, 2.75) is 72.8 Å². The molecule has 2 aromatic carbocycles. The van der Waals surface area contributed by atoms with Crippen molar-refractivity contribution in [2.75, 3.05) is 6.54 Å². The number of rotatable bonds is 6. The Hall–Kier alpha value is -3.67. The van der Waals surface area contributed by atoms with Gasteiger partial charge in [0.1, 0.15) is 12.4 Å². The van der Waals surface area contributed by atoms with E-state index >= 15 is 0 Å². The maximum Gasteiger partial charge on any atom is 0.335 e. The van der Waals surface area contributed by atoms with Crippen LogP contribution in [0.25, 0.3) is 0 Å². The molecule has 3 aliphatic rings. The molecule has 0 saturated heterocycles. The van der Waals surface area contributed by atoms with Gasteiger partial charge in [-0.25, -0.2) is 4.79 Å². The molecule has 204 valence electrons. The van der Waals surface area contributed by atoms with E-state index in [0.717, 1.165) is 53.1 Å². The van der Waals surface area contributed by atoms with Crippen LogP contribution >= 0.6 is 0 Å². The molecule has 0 aromatic heterocycles. The zero-order valence-corrected chi connectivity index (χ0v) is 23.5. The Kier molecular flexibility index (Phi) is 6.78. The van der Waals surface area contributed by atoms with Gasteiger partial charge in [-0.2, -0.15) is 0 Å². The van der Waals surface area contributed by atoms with Crippen LogP contribution in [0.15, 0.2) is 71.1 Å². The highest BCUT2D eigenvalue weighted by atomic mass is 16.5. The van der Waals surface area contributed by atoms with E-state index in [1.54, 1.807) is 24.3 Å². The number of Topliss-reactive ketones (excluding diaryl/α,β-unsaturated/α-hetero) is 2. The van der Waals surface area contributed by atoms with Crippen molar-refractivity contribution >= 4 is 17.5 Å². The Morgan fingerprint density at radius 1 is 0.846 bits per heavy atom. The number of carboxylic acid groups (broad SMARTS) is 1. The maximum absolute atomic E-state index is 13.7. The van der Waals surface area contributed by atoms with Crippen LogP contribution in [0, 0.1) is 10.8 Å². The summed E-state index contributed by atoms with van der Waals surface area (Å²) >= 11 is 0. The van der Waals surface area contributed by atoms with Gasteiger partial charge < -0.3 is 14.7 Å². The molecule has 0 spiro atoms. The molecule has 0 unspecified atom stereocenters. The molecule has 6 nitrogen and oxygen atoms in total. The second-order valence-corrected chi connectivity index (χ2v) is 12.6. The molecule has 0 bridgehead atoms. The molecule has 2 aliphatic carbocycles. The van der Waals surface area contributed by atoms with Crippen LogP contribution in [-0.4, -0.2) is 34.1 Å². The third-order valence-corrected chi connectivity index (χ3v) is 8.16. The van der Waals surface area contributed by atoms with Crippen molar-refractivity contribution in [1.29, 1.82) is 0 Å². The van der Waals surface area contributed by atoms with E-state index < -0.39 is 5.97 Å². The lowest BCUT2D eigenvalue weighted by Gasteiger charge is -2.48. The molecule has 0 saturated carbocycles. The number of nitrogens with zero attached hydrogens (tertiary/aromatic N) is 1. The van der Waals surface area contributed by atoms with Crippen molar-refractivity contribution in [3.8, 4) is 5.75 Å². The normalized spacial score (nSPS) is 20.6. The van der Waals surface area contributed by atoms with Gasteiger partial charge in [0.15, 0.2) is 11.6 Å². The lowest BCUT2D eigenvalue weighted by molar-refractivity contribution is -0.119. The molecule has 0 fully saturated rings. The van der Waals surface area contributed by atoms with Crippen LogP contribution < -0.4 is 4.74 Å². The lowest BCUT2D eigenvalue weighted by atomic mass is 9.63. The van der Waals surface area contributed by atoms with Crippen molar-refractivity contribution in [1.82, 2.24) is 4.90 Å². The first-order valence-electron chi connectivity index (χ1n) is 13.7. The molecule has 39 heavy (non-hydrogen) atoms. The number of aromatic carboxylic acids is 1. The van der Waals surface area contributed by atoms with Crippen molar-refractivity contribution in [3.63, 3.8) is 0 Å². The third kappa shape index (κ3) is 5.17. The molecule has 0 radical (unpaired) electrons. The van der Waals surface area contributed by atoms with Crippen LogP contribution in [0.3, 0.4) is 0 Å². The second kappa shape index (κ2) is 9.82. The molecule has 1 N–H and O–H groups in total. The van der Waals surface area contributed by atoms with Gasteiger partial charge in [0.2, 0.25) is 0 Å². The predicted molar refractivity (Wildman–Crippen MR) is 149 cm³/mol. The van der Waals surface area contributed by atoms with Crippen LogP contribution in [0.4, 0.5) is 0 Å². The van der Waals surface area contributed by atoms with Gasteiger partial charge in [0.25, 0.3) is 0 Å². The first-order chi connectivity index (χ1) is 18.4. The Labute approximate surface area is 230 Å². The first-order valence-corrected chi connectivity index (χ1v) is 13.7. The number of carbonyl (C=O) groups is 3. The Balaban J connectivity index is 1.49. The number of ketones is 2. The topological polar surface area (TPSA) is 83.9 Å². The van der Waals surface area contributed by atoms with Gasteiger partial charge in [0, 0.05) is 47.8 Å². The molecule has 5 rings (SSSR count). The summed E-state index contributed by atoms with van der Waals surface area (Å²) in [4.78, 5) is 40.8. The van der Waals surface area contributed by atoms with E-state index in [2.05, 4.69) is 39.5 Å². The molecule has 2 aromatic rings. The first kappa shape index (κ1) is 26.9. The van der Waals surface area contributed by atoms with Crippen molar-refractivity contribution in [2.24, 2.45) is 10.8 Å². The standard InChI is InChI=1S/C33H37NO5/c1-6-34-24-15-32(2,3)17-26(35)29(24)28(30-25(34)16-33(4,5)18-27(30)36)21-11-13-23(14-12-21)39-19-20-7-9-22(10-8-20)31(37)38/h7-14,28H,6,15-19H2,1-5H3,(H,37,38). The predicted octanol–water partition coefficient (Wildman–Crippen LogP) is 6.67. The quantitative estimate of drug-likeness (QED) is 0.452. The molecule has 0 amide bonds. The number of ether oxygens (including phenoxy) is 1. The molecule has 6 heteroatoms. The van der Waals surface area contributed by atoms with Gasteiger partial charge >= 0.3 is 5.97 Å².